The predicted octanol–water partition coefficient (Wildman–Crippen LogP) is 3.52. The molecule has 0 unspecified atom stereocenters. The molecule has 0 aromatic heterocycles. The quantitative estimate of drug-likeness (QED) is 0.694. The van der Waals surface area contributed by atoms with E-state index < -0.39 is 0 Å². The van der Waals surface area contributed by atoms with Crippen molar-refractivity contribution in [2.45, 2.75) is 13.8 Å². The second-order valence-corrected chi connectivity index (χ2v) is 6.37. The summed E-state index contributed by atoms with van der Waals surface area (Å²) in [4.78, 5) is 11.0. The maximum atomic E-state index is 11.0. The number of carbonyl (C=O) groups is 1. The van der Waals surface area contributed by atoms with E-state index in [1.165, 1.54) is 34.0 Å². The average Bonchev–Trinajstić information content (AvgIpc) is 2.96. The number of benzene rings is 2. The molecule has 1 heterocycles. The van der Waals surface area contributed by atoms with Crippen LogP contribution < -0.4 is 5.32 Å². The Kier molecular flexibility index (Phi) is 4.57. The van der Waals surface area contributed by atoms with Crippen LogP contribution in [0.15, 0.2) is 52.7 Å². The van der Waals surface area contributed by atoms with E-state index in [2.05, 4.69) is 59.7 Å². The molecular weight excluding hydrogens is 306 g/mol. The van der Waals surface area contributed by atoms with Gasteiger partial charge in [-0.15, -0.1) is 5.10 Å². The normalized spacial score (nSPS) is 16.3. The van der Waals surface area contributed by atoms with Crippen LogP contribution in [0.3, 0.4) is 0 Å². The van der Waals surface area contributed by atoms with E-state index in [0.717, 1.165) is 5.56 Å². The molecule has 1 saturated heterocycles. The number of nitrogens with one attached hydrogen (secondary N) is 1. The van der Waals surface area contributed by atoms with E-state index >= 15 is 0 Å². The first kappa shape index (κ1) is 15.5. The highest BCUT2D eigenvalue weighted by Crippen LogP contribution is 2.22. The highest BCUT2D eigenvalue weighted by Gasteiger charge is 2.15. The molecule has 1 aliphatic heterocycles. The fraction of sp³-hybridized carbons (Fsp3) is 0.167. The van der Waals surface area contributed by atoms with E-state index in [9.17, 15) is 4.79 Å². The van der Waals surface area contributed by atoms with Gasteiger partial charge in [0.25, 0.3) is 0 Å². The fourth-order valence-corrected chi connectivity index (χ4v) is 2.84. The lowest BCUT2D eigenvalue weighted by molar-refractivity contribution is -0.116. The molecule has 0 radical (unpaired) electrons. The molecule has 1 fully saturated rings. The van der Waals surface area contributed by atoms with E-state index in [4.69, 9.17) is 0 Å². The molecule has 4 nitrogen and oxygen atoms in total. The average molecular weight is 323 g/mol. The van der Waals surface area contributed by atoms with Crippen molar-refractivity contribution in [2.75, 3.05) is 5.75 Å². The Morgan fingerprint density at radius 1 is 1.04 bits per heavy atom. The van der Waals surface area contributed by atoms with Crippen molar-refractivity contribution in [1.82, 2.24) is 5.32 Å². The fourth-order valence-electron chi connectivity index (χ4n) is 2.21. The van der Waals surface area contributed by atoms with Gasteiger partial charge in [-0.1, -0.05) is 54.2 Å². The van der Waals surface area contributed by atoms with Crippen molar-refractivity contribution < 1.29 is 4.79 Å². The van der Waals surface area contributed by atoms with Crippen LogP contribution in [0.1, 0.15) is 16.7 Å². The topological polar surface area (TPSA) is 53.8 Å². The zero-order valence-electron chi connectivity index (χ0n) is 13.0. The minimum Gasteiger partial charge on any atom is -0.303 e. The van der Waals surface area contributed by atoms with E-state index in [-0.39, 0.29) is 5.91 Å². The summed E-state index contributed by atoms with van der Waals surface area (Å²) in [5.74, 6) is 0.389. The van der Waals surface area contributed by atoms with Gasteiger partial charge in [0, 0.05) is 0 Å². The van der Waals surface area contributed by atoms with Crippen LogP contribution in [-0.2, 0) is 4.79 Å². The SMILES string of the molecule is Cc1ccc(-c2ccc(C=NN=C3NC(=O)CS3)cc2)cc1C. The van der Waals surface area contributed by atoms with Crippen LogP contribution in [0.2, 0.25) is 0 Å². The number of aryl methyl sites for hydroxylation is 2. The third-order valence-electron chi connectivity index (χ3n) is 3.69. The number of amides is 1. The first-order valence-corrected chi connectivity index (χ1v) is 8.32. The van der Waals surface area contributed by atoms with Crippen LogP contribution in [0.5, 0.6) is 0 Å². The molecule has 2 aromatic carbocycles. The lowest BCUT2D eigenvalue weighted by Crippen LogP contribution is -2.19. The van der Waals surface area contributed by atoms with E-state index in [1.807, 2.05) is 12.1 Å². The Hall–Kier alpha value is -2.40. The van der Waals surface area contributed by atoms with E-state index in [1.54, 1.807) is 6.21 Å². The summed E-state index contributed by atoms with van der Waals surface area (Å²) >= 11 is 1.36. The number of amidine groups is 1. The van der Waals surface area contributed by atoms with Gasteiger partial charge in [0.05, 0.1) is 12.0 Å². The van der Waals surface area contributed by atoms with Gasteiger partial charge in [-0.2, -0.15) is 5.10 Å². The van der Waals surface area contributed by atoms with Crippen LogP contribution in [0.4, 0.5) is 0 Å². The summed E-state index contributed by atoms with van der Waals surface area (Å²) in [5, 5.41) is 11.2. The van der Waals surface area contributed by atoms with Crippen molar-refractivity contribution >= 4 is 29.1 Å². The smallest absolute Gasteiger partial charge is 0.236 e. The molecule has 116 valence electrons. The number of nitrogens with zero attached hydrogens (tertiary/aromatic N) is 2. The lowest BCUT2D eigenvalue weighted by Gasteiger charge is -2.05. The minimum atomic E-state index is -0.0262. The molecule has 0 spiro atoms. The summed E-state index contributed by atoms with van der Waals surface area (Å²) in [7, 11) is 0. The monoisotopic (exact) mass is 323 g/mol. The summed E-state index contributed by atoms with van der Waals surface area (Å²) in [5.41, 5.74) is 5.95. The summed E-state index contributed by atoms with van der Waals surface area (Å²) in [6, 6.07) is 14.6. The van der Waals surface area contributed by atoms with Crippen molar-refractivity contribution in [3.8, 4) is 11.1 Å². The molecule has 23 heavy (non-hydrogen) atoms. The zero-order valence-corrected chi connectivity index (χ0v) is 13.9. The van der Waals surface area contributed by atoms with Gasteiger partial charge in [-0.05, 0) is 41.7 Å². The summed E-state index contributed by atoms with van der Waals surface area (Å²) < 4.78 is 0. The number of thioether (sulfide) groups is 1. The maximum Gasteiger partial charge on any atom is 0.236 e. The molecule has 5 heteroatoms. The Labute approximate surface area is 139 Å². The van der Waals surface area contributed by atoms with Crippen LogP contribution in [0, 0.1) is 13.8 Å². The Morgan fingerprint density at radius 2 is 1.78 bits per heavy atom. The Bertz CT molecular complexity index is 794. The number of carbonyl (C=O) groups excluding carboxylic acids is 1. The second kappa shape index (κ2) is 6.79. The largest absolute Gasteiger partial charge is 0.303 e. The molecular formula is C18H17N3OS. The molecule has 1 aliphatic rings. The minimum absolute atomic E-state index is 0.0262. The van der Waals surface area contributed by atoms with Gasteiger partial charge in [0.1, 0.15) is 0 Å². The second-order valence-electron chi connectivity index (χ2n) is 5.41. The van der Waals surface area contributed by atoms with Crippen LogP contribution in [0.25, 0.3) is 11.1 Å². The Morgan fingerprint density at radius 3 is 2.43 bits per heavy atom. The van der Waals surface area contributed by atoms with Gasteiger partial charge in [-0.25, -0.2) is 0 Å². The van der Waals surface area contributed by atoms with Crippen LogP contribution >= 0.6 is 11.8 Å². The van der Waals surface area contributed by atoms with Crippen molar-refractivity contribution in [1.29, 1.82) is 0 Å². The standard InChI is InChI=1S/C18H17N3OS/c1-12-3-6-16(9-13(12)2)15-7-4-14(5-8-15)10-19-21-18-20-17(22)11-23-18/h3-10H,11H2,1-2H3,(H,20,21,22). The molecule has 2 aromatic rings. The number of rotatable bonds is 3. The van der Waals surface area contributed by atoms with Crippen LogP contribution in [-0.4, -0.2) is 23.0 Å². The molecule has 0 atom stereocenters. The summed E-state index contributed by atoms with van der Waals surface area (Å²) in [6.07, 6.45) is 1.68. The van der Waals surface area contributed by atoms with Gasteiger partial charge in [0.15, 0.2) is 5.17 Å². The predicted molar refractivity (Wildman–Crippen MR) is 97.0 cm³/mol. The summed E-state index contributed by atoms with van der Waals surface area (Å²) in [6.45, 7) is 4.24. The molecule has 0 aliphatic carbocycles. The van der Waals surface area contributed by atoms with Gasteiger partial charge in [-0.3, -0.25) is 4.79 Å². The van der Waals surface area contributed by atoms with Gasteiger partial charge >= 0.3 is 0 Å². The van der Waals surface area contributed by atoms with E-state index in [0.29, 0.717) is 10.9 Å². The third-order valence-corrected chi connectivity index (χ3v) is 4.56. The third kappa shape index (κ3) is 3.87. The van der Waals surface area contributed by atoms with Crippen molar-refractivity contribution in [3.05, 3.63) is 59.2 Å². The van der Waals surface area contributed by atoms with Crippen molar-refractivity contribution in [2.24, 2.45) is 10.2 Å². The highest BCUT2D eigenvalue weighted by atomic mass is 32.2. The number of hydrogen-bond donors (Lipinski definition) is 1. The van der Waals surface area contributed by atoms with Crippen molar-refractivity contribution in [3.63, 3.8) is 0 Å². The molecule has 1 amide bonds. The maximum absolute atomic E-state index is 11.0. The first-order chi connectivity index (χ1) is 11.1. The molecule has 1 N–H and O–H groups in total. The molecule has 0 saturated carbocycles. The van der Waals surface area contributed by atoms with Gasteiger partial charge in [0.2, 0.25) is 5.91 Å². The molecule has 3 rings (SSSR count). The molecule has 0 bridgehead atoms. The Balaban J connectivity index is 1.71. The highest BCUT2D eigenvalue weighted by molar-refractivity contribution is 8.15. The first-order valence-electron chi connectivity index (χ1n) is 7.33. The van der Waals surface area contributed by atoms with Gasteiger partial charge < -0.3 is 5.32 Å². The zero-order chi connectivity index (χ0) is 16.2. The lowest BCUT2D eigenvalue weighted by atomic mass is 10.00. The number of hydrogen-bond acceptors (Lipinski definition) is 4.